The molecule has 1 saturated heterocycles. The molecular formula is C10H18N2O3. The van der Waals surface area contributed by atoms with E-state index in [0.29, 0.717) is 6.54 Å². The van der Waals surface area contributed by atoms with Crippen LogP contribution in [0.3, 0.4) is 0 Å². The molecule has 1 aliphatic heterocycles. The maximum atomic E-state index is 11.3. The molecule has 1 aliphatic rings. The molecule has 2 N–H and O–H groups in total. The predicted octanol–water partition coefficient (Wildman–Crippen LogP) is -0.111. The lowest BCUT2D eigenvalue weighted by Gasteiger charge is -2.25. The number of carbonyl (C=O) groups excluding carboxylic acids is 2. The van der Waals surface area contributed by atoms with Gasteiger partial charge in [-0.1, -0.05) is 6.92 Å². The molecule has 0 radical (unpaired) electrons. The number of rotatable bonds is 5. The molecule has 1 rings (SSSR count). The van der Waals surface area contributed by atoms with Crippen LogP contribution in [0.4, 0.5) is 0 Å². The molecule has 1 heterocycles. The Kier molecular flexibility index (Phi) is 4.71. The van der Waals surface area contributed by atoms with Crippen molar-refractivity contribution in [1.29, 1.82) is 0 Å². The second-order valence-electron chi connectivity index (χ2n) is 3.74. The van der Waals surface area contributed by atoms with Gasteiger partial charge in [-0.3, -0.25) is 14.5 Å². The van der Waals surface area contributed by atoms with Gasteiger partial charge >= 0.3 is 0 Å². The molecule has 1 fully saturated rings. The van der Waals surface area contributed by atoms with E-state index in [1.807, 2.05) is 6.92 Å². The molecule has 0 bridgehead atoms. The van der Waals surface area contributed by atoms with Crippen molar-refractivity contribution in [2.45, 2.75) is 32.2 Å². The van der Waals surface area contributed by atoms with Gasteiger partial charge in [0.2, 0.25) is 0 Å². The summed E-state index contributed by atoms with van der Waals surface area (Å²) in [4.78, 5) is 23.9. The lowest BCUT2D eigenvalue weighted by atomic mass is 10.1. The van der Waals surface area contributed by atoms with Gasteiger partial charge in [-0.15, -0.1) is 0 Å². The highest BCUT2D eigenvalue weighted by atomic mass is 16.5. The number of hydrogen-bond donors (Lipinski definition) is 1. The van der Waals surface area contributed by atoms with Crippen molar-refractivity contribution in [3.8, 4) is 0 Å². The largest absolute Gasteiger partial charge is 0.362 e. The van der Waals surface area contributed by atoms with E-state index in [4.69, 9.17) is 10.5 Å². The normalized spacial score (nSPS) is 19.5. The first-order chi connectivity index (χ1) is 7.15. The lowest BCUT2D eigenvalue weighted by Crippen LogP contribution is -2.46. The molecule has 0 spiro atoms. The number of nitrogens with zero attached hydrogens (tertiary/aromatic N) is 1. The standard InChI is InChI=1S/C10H18N2O3/c1-2-8(11)4-3-5-12-9(13)6-15-7-10(12)14/h8H,2-7,11H2,1H3. The predicted molar refractivity (Wildman–Crippen MR) is 55.0 cm³/mol. The molecule has 5 nitrogen and oxygen atoms in total. The Hall–Kier alpha value is -0.940. The van der Waals surface area contributed by atoms with Crippen LogP contribution in [-0.2, 0) is 14.3 Å². The maximum Gasteiger partial charge on any atom is 0.255 e. The Labute approximate surface area is 89.6 Å². The minimum Gasteiger partial charge on any atom is -0.362 e. The van der Waals surface area contributed by atoms with Gasteiger partial charge in [0.05, 0.1) is 0 Å². The van der Waals surface area contributed by atoms with Gasteiger partial charge in [-0.05, 0) is 19.3 Å². The molecule has 5 heteroatoms. The number of morpholine rings is 1. The van der Waals surface area contributed by atoms with Crippen molar-refractivity contribution in [3.05, 3.63) is 0 Å². The molecule has 1 atom stereocenters. The summed E-state index contributed by atoms with van der Waals surface area (Å²) in [5.74, 6) is -0.479. The van der Waals surface area contributed by atoms with E-state index in [1.165, 1.54) is 4.90 Å². The Morgan fingerprint density at radius 1 is 1.40 bits per heavy atom. The molecule has 0 aromatic rings. The zero-order chi connectivity index (χ0) is 11.3. The first-order valence-electron chi connectivity index (χ1n) is 5.31. The smallest absolute Gasteiger partial charge is 0.255 e. The molecule has 1 unspecified atom stereocenters. The van der Waals surface area contributed by atoms with Gasteiger partial charge in [0.1, 0.15) is 13.2 Å². The van der Waals surface area contributed by atoms with Crippen molar-refractivity contribution >= 4 is 11.8 Å². The first kappa shape index (κ1) is 12.1. The van der Waals surface area contributed by atoms with Crippen molar-refractivity contribution in [2.24, 2.45) is 5.73 Å². The van der Waals surface area contributed by atoms with E-state index in [2.05, 4.69) is 0 Å². The van der Waals surface area contributed by atoms with E-state index in [1.54, 1.807) is 0 Å². The Morgan fingerprint density at radius 3 is 2.53 bits per heavy atom. The number of amides is 2. The zero-order valence-electron chi connectivity index (χ0n) is 9.07. The van der Waals surface area contributed by atoms with Crippen molar-refractivity contribution in [2.75, 3.05) is 19.8 Å². The average molecular weight is 214 g/mol. The van der Waals surface area contributed by atoms with Crippen LogP contribution in [0.5, 0.6) is 0 Å². The topological polar surface area (TPSA) is 72.6 Å². The van der Waals surface area contributed by atoms with Gasteiger partial charge in [0, 0.05) is 12.6 Å². The first-order valence-corrected chi connectivity index (χ1v) is 5.31. The van der Waals surface area contributed by atoms with Crippen LogP contribution in [0.2, 0.25) is 0 Å². The van der Waals surface area contributed by atoms with Gasteiger partial charge in [-0.2, -0.15) is 0 Å². The second-order valence-corrected chi connectivity index (χ2v) is 3.74. The summed E-state index contributed by atoms with van der Waals surface area (Å²) in [5.41, 5.74) is 5.74. The van der Waals surface area contributed by atoms with E-state index < -0.39 is 0 Å². The van der Waals surface area contributed by atoms with Crippen LogP contribution in [0, 0.1) is 0 Å². The number of carbonyl (C=O) groups is 2. The fourth-order valence-corrected chi connectivity index (χ4v) is 1.49. The molecule has 2 amide bonds. The van der Waals surface area contributed by atoms with Crippen LogP contribution in [-0.4, -0.2) is 42.5 Å². The number of hydrogen-bond acceptors (Lipinski definition) is 4. The quantitative estimate of drug-likeness (QED) is 0.648. The Bertz CT molecular complexity index is 227. The Morgan fingerprint density at radius 2 is 2.00 bits per heavy atom. The molecule has 0 aromatic carbocycles. The minimum atomic E-state index is -0.240. The maximum absolute atomic E-state index is 11.3. The Balaban J connectivity index is 2.29. The molecule has 15 heavy (non-hydrogen) atoms. The van der Waals surface area contributed by atoms with E-state index >= 15 is 0 Å². The highest BCUT2D eigenvalue weighted by molar-refractivity contribution is 5.98. The summed E-state index contributed by atoms with van der Waals surface area (Å²) >= 11 is 0. The number of imide groups is 1. The monoisotopic (exact) mass is 214 g/mol. The van der Waals surface area contributed by atoms with Crippen LogP contribution in [0.1, 0.15) is 26.2 Å². The van der Waals surface area contributed by atoms with Crippen LogP contribution >= 0.6 is 0 Å². The summed E-state index contributed by atoms with van der Waals surface area (Å²) < 4.78 is 4.81. The van der Waals surface area contributed by atoms with Gasteiger partial charge in [-0.25, -0.2) is 0 Å². The van der Waals surface area contributed by atoms with Gasteiger partial charge in [0.15, 0.2) is 0 Å². The molecule has 0 saturated carbocycles. The van der Waals surface area contributed by atoms with Crippen molar-refractivity contribution in [3.63, 3.8) is 0 Å². The molecule has 86 valence electrons. The zero-order valence-corrected chi connectivity index (χ0v) is 9.07. The fraction of sp³-hybridized carbons (Fsp3) is 0.800. The lowest BCUT2D eigenvalue weighted by molar-refractivity contribution is -0.158. The minimum absolute atomic E-state index is 0.0194. The summed E-state index contributed by atoms with van der Waals surface area (Å²) in [6.45, 7) is 2.53. The average Bonchev–Trinajstić information content (AvgIpc) is 2.22. The summed E-state index contributed by atoms with van der Waals surface area (Å²) in [7, 11) is 0. The van der Waals surface area contributed by atoms with Crippen LogP contribution < -0.4 is 5.73 Å². The van der Waals surface area contributed by atoms with Crippen molar-refractivity contribution in [1.82, 2.24) is 4.90 Å². The van der Waals surface area contributed by atoms with E-state index in [-0.39, 0.29) is 31.1 Å². The highest BCUT2D eigenvalue weighted by Gasteiger charge is 2.25. The number of nitrogens with two attached hydrogens (primary N) is 1. The van der Waals surface area contributed by atoms with E-state index in [0.717, 1.165) is 19.3 Å². The molecule has 0 aliphatic carbocycles. The SMILES string of the molecule is CCC(N)CCCN1C(=O)COCC1=O. The summed E-state index contributed by atoms with van der Waals surface area (Å²) in [6, 6.07) is 0.163. The van der Waals surface area contributed by atoms with Gasteiger partial charge < -0.3 is 10.5 Å². The summed E-state index contributed by atoms with van der Waals surface area (Å²) in [5, 5.41) is 0. The van der Waals surface area contributed by atoms with Gasteiger partial charge in [0.25, 0.3) is 11.8 Å². The third-order valence-corrected chi connectivity index (χ3v) is 2.53. The third-order valence-electron chi connectivity index (χ3n) is 2.53. The third kappa shape index (κ3) is 3.60. The van der Waals surface area contributed by atoms with Crippen molar-refractivity contribution < 1.29 is 14.3 Å². The summed E-state index contributed by atoms with van der Waals surface area (Å²) in [6.07, 6.45) is 2.53. The number of ether oxygens (including phenoxy) is 1. The fourth-order valence-electron chi connectivity index (χ4n) is 1.49. The second kappa shape index (κ2) is 5.82. The molecular weight excluding hydrogens is 196 g/mol. The highest BCUT2D eigenvalue weighted by Crippen LogP contribution is 2.05. The van der Waals surface area contributed by atoms with Crippen LogP contribution in [0.25, 0.3) is 0 Å². The molecule has 0 aromatic heterocycles. The van der Waals surface area contributed by atoms with E-state index in [9.17, 15) is 9.59 Å². The van der Waals surface area contributed by atoms with Crippen LogP contribution in [0.15, 0.2) is 0 Å².